The number of aromatic carboxylic acids is 1. The van der Waals surface area contributed by atoms with Crippen LogP contribution in [0, 0.1) is 0 Å². The highest BCUT2D eigenvalue weighted by atomic mass is 35.5. The molecule has 0 heterocycles. The van der Waals surface area contributed by atoms with Crippen molar-refractivity contribution in [2.24, 2.45) is 0 Å². The van der Waals surface area contributed by atoms with Crippen molar-refractivity contribution in [2.45, 2.75) is 0 Å². The number of anilines is 1. The van der Waals surface area contributed by atoms with Gasteiger partial charge in [0.15, 0.2) is 0 Å². The molecule has 0 saturated carbocycles. The predicted molar refractivity (Wildman–Crippen MR) is 61.9 cm³/mol. The molecule has 0 aliphatic carbocycles. The van der Waals surface area contributed by atoms with Crippen LogP contribution in [-0.4, -0.2) is 24.7 Å². The number of likely N-dealkylation sites (N-methyl/N-ethyl adjacent to an activating group) is 1. The summed E-state index contributed by atoms with van der Waals surface area (Å²) < 4.78 is 0. The summed E-state index contributed by atoms with van der Waals surface area (Å²) in [4.78, 5) is 12.6. The van der Waals surface area contributed by atoms with Crippen molar-refractivity contribution in [3.8, 4) is 0 Å². The van der Waals surface area contributed by atoms with Gasteiger partial charge in [-0.05, 0) is 18.2 Å². The normalized spacial score (nSPS) is 9.73. The summed E-state index contributed by atoms with van der Waals surface area (Å²) in [6, 6.07) is 4.66. The molecule has 0 fully saturated rings. The van der Waals surface area contributed by atoms with E-state index in [1.165, 1.54) is 12.1 Å². The summed E-state index contributed by atoms with van der Waals surface area (Å²) in [5, 5.41) is 9.18. The molecule has 0 aromatic heterocycles. The number of hydrogen-bond donors (Lipinski definition) is 1. The van der Waals surface area contributed by atoms with Gasteiger partial charge >= 0.3 is 5.97 Å². The van der Waals surface area contributed by atoms with Gasteiger partial charge in [-0.1, -0.05) is 17.7 Å². The van der Waals surface area contributed by atoms with Crippen LogP contribution in [0.15, 0.2) is 30.9 Å². The Bertz CT molecular complexity index is 390. The average Bonchev–Trinajstić information content (AvgIpc) is 2.17. The Hall–Kier alpha value is -1.48. The van der Waals surface area contributed by atoms with E-state index in [1.807, 2.05) is 11.9 Å². The number of carboxylic acids is 1. The summed E-state index contributed by atoms with van der Waals surface area (Å²) in [7, 11) is 1.86. The van der Waals surface area contributed by atoms with E-state index in [1.54, 1.807) is 12.1 Å². The molecule has 0 radical (unpaired) electrons. The summed E-state index contributed by atoms with van der Waals surface area (Å²) >= 11 is 5.96. The molecule has 1 rings (SSSR count). The Kier molecular flexibility index (Phi) is 3.74. The molecule has 0 unspecified atom stereocenters. The van der Waals surface area contributed by atoms with Crippen LogP contribution in [-0.2, 0) is 0 Å². The van der Waals surface area contributed by atoms with E-state index >= 15 is 0 Å². The van der Waals surface area contributed by atoms with Crippen molar-refractivity contribution in [3.05, 3.63) is 41.4 Å². The molecule has 0 bridgehead atoms. The van der Waals surface area contributed by atoms with E-state index in [0.29, 0.717) is 11.6 Å². The van der Waals surface area contributed by atoms with Gasteiger partial charge in [-0.25, -0.2) is 4.79 Å². The van der Waals surface area contributed by atoms with Crippen LogP contribution in [0.25, 0.3) is 0 Å². The number of carboxylic acid groups (broad SMARTS) is 1. The molecule has 15 heavy (non-hydrogen) atoms. The molecule has 1 aromatic carbocycles. The fourth-order valence-corrected chi connectivity index (χ4v) is 1.57. The van der Waals surface area contributed by atoms with Crippen LogP contribution in [0.4, 0.5) is 5.69 Å². The van der Waals surface area contributed by atoms with Crippen LogP contribution >= 0.6 is 11.6 Å². The minimum Gasteiger partial charge on any atom is -0.478 e. The van der Waals surface area contributed by atoms with Gasteiger partial charge in [0.25, 0.3) is 0 Å². The molecule has 1 N–H and O–H groups in total. The first kappa shape index (κ1) is 11.6. The first-order valence-corrected chi connectivity index (χ1v) is 4.79. The van der Waals surface area contributed by atoms with Crippen molar-refractivity contribution in [1.29, 1.82) is 0 Å². The maximum absolute atomic E-state index is 10.7. The van der Waals surface area contributed by atoms with Crippen molar-refractivity contribution >= 4 is 23.3 Å². The second-order valence-corrected chi connectivity index (χ2v) is 3.55. The number of halogens is 1. The molecular weight excluding hydrogens is 214 g/mol. The minimum atomic E-state index is -0.977. The lowest BCUT2D eigenvalue weighted by Crippen LogP contribution is -2.17. The van der Waals surface area contributed by atoms with Crippen LogP contribution in [0.3, 0.4) is 0 Å². The third-order valence-corrected chi connectivity index (χ3v) is 2.31. The number of rotatable bonds is 4. The van der Waals surface area contributed by atoms with Crippen LogP contribution in [0.2, 0.25) is 5.02 Å². The predicted octanol–water partition coefficient (Wildman–Crippen LogP) is 2.66. The van der Waals surface area contributed by atoms with Crippen molar-refractivity contribution in [3.63, 3.8) is 0 Å². The highest BCUT2D eigenvalue weighted by Gasteiger charge is 2.08. The maximum atomic E-state index is 10.7. The fourth-order valence-electron chi connectivity index (χ4n) is 1.24. The van der Waals surface area contributed by atoms with Crippen molar-refractivity contribution in [1.82, 2.24) is 0 Å². The molecular formula is C11H12ClNO2. The lowest BCUT2D eigenvalue weighted by molar-refractivity contribution is 0.0697. The Labute approximate surface area is 93.6 Å². The van der Waals surface area contributed by atoms with Gasteiger partial charge in [-0.2, -0.15) is 0 Å². The third kappa shape index (κ3) is 2.73. The highest BCUT2D eigenvalue weighted by Crippen LogP contribution is 2.25. The van der Waals surface area contributed by atoms with E-state index < -0.39 is 5.97 Å². The Morgan fingerprint density at radius 2 is 2.33 bits per heavy atom. The molecule has 80 valence electrons. The largest absolute Gasteiger partial charge is 0.478 e. The van der Waals surface area contributed by atoms with Gasteiger partial charge in [0.1, 0.15) is 0 Å². The molecule has 3 nitrogen and oxygen atoms in total. The van der Waals surface area contributed by atoms with Crippen molar-refractivity contribution in [2.75, 3.05) is 18.5 Å². The molecule has 0 saturated heterocycles. The zero-order valence-corrected chi connectivity index (χ0v) is 9.16. The first-order chi connectivity index (χ1) is 7.06. The van der Waals surface area contributed by atoms with Crippen LogP contribution in [0.5, 0.6) is 0 Å². The van der Waals surface area contributed by atoms with Crippen LogP contribution in [0.1, 0.15) is 10.4 Å². The minimum absolute atomic E-state index is 0.191. The smallest absolute Gasteiger partial charge is 0.335 e. The second kappa shape index (κ2) is 4.84. The molecule has 4 heteroatoms. The molecule has 0 amide bonds. The number of hydrogen-bond acceptors (Lipinski definition) is 2. The van der Waals surface area contributed by atoms with Gasteiger partial charge in [0.2, 0.25) is 0 Å². The quantitative estimate of drug-likeness (QED) is 0.801. The number of nitrogens with zero attached hydrogens (tertiary/aromatic N) is 1. The summed E-state index contributed by atoms with van der Waals surface area (Å²) in [5.41, 5.74) is 0.984. The van der Waals surface area contributed by atoms with E-state index in [2.05, 4.69) is 6.58 Å². The van der Waals surface area contributed by atoms with E-state index in [4.69, 9.17) is 16.7 Å². The molecule has 0 aliphatic heterocycles. The fraction of sp³-hybridized carbons (Fsp3) is 0.182. The Balaban J connectivity index is 3.02. The summed E-state index contributed by atoms with van der Waals surface area (Å²) in [6.07, 6.45) is 1.75. The molecule has 1 aromatic rings. The molecule has 0 aliphatic rings. The van der Waals surface area contributed by atoms with Gasteiger partial charge in [-0.15, -0.1) is 6.58 Å². The van der Waals surface area contributed by atoms with Gasteiger partial charge in [-0.3, -0.25) is 0 Å². The topological polar surface area (TPSA) is 40.5 Å². The molecule has 0 spiro atoms. The zero-order chi connectivity index (χ0) is 11.4. The second-order valence-electron chi connectivity index (χ2n) is 3.14. The van der Waals surface area contributed by atoms with E-state index in [0.717, 1.165) is 5.69 Å². The first-order valence-electron chi connectivity index (χ1n) is 4.41. The van der Waals surface area contributed by atoms with Crippen molar-refractivity contribution < 1.29 is 9.90 Å². The van der Waals surface area contributed by atoms with E-state index in [9.17, 15) is 4.79 Å². The monoisotopic (exact) mass is 225 g/mol. The summed E-state index contributed by atoms with van der Waals surface area (Å²) in [5.74, 6) is -0.977. The van der Waals surface area contributed by atoms with Gasteiger partial charge in [0, 0.05) is 13.6 Å². The third-order valence-electron chi connectivity index (χ3n) is 2.01. The number of benzene rings is 1. The summed E-state index contributed by atoms with van der Waals surface area (Å²) in [6.45, 7) is 4.28. The maximum Gasteiger partial charge on any atom is 0.335 e. The van der Waals surface area contributed by atoms with E-state index in [-0.39, 0.29) is 5.56 Å². The van der Waals surface area contributed by atoms with Gasteiger partial charge < -0.3 is 10.0 Å². The lowest BCUT2D eigenvalue weighted by atomic mass is 10.2. The SMILES string of the molecule is C=CCN(C)c1ccc(C(=O)O)cc1Cl. The number of carbonyl (C=O) groups is 1. The highest BCUT2D eigenvalue weighted by molar-refractivity contribution is 6.33. The van der Waals surface area contributed by atoms with Gasteiger partial charge in [0.05, 0.1) is 16.3 Å². The average molecular weight is 226 g/mol. The Morgan fingerprint density at radius 3 is 2.80 bits per heavy atom. The van der Waals surface area contributed by atoms with Crippen LogP contribution < -0.4 is 4.90 Å². The Morgan fingerprint density at radius 1 is 1.67 bits per heavy atom. The zero-order valence-electron chi connectivity index (χ0n) is 8.40. The lowest BCUT2D eigenvalue weighted by Gasteiger charge is -2.18. The standard InChI is InChI=1S/C11H12ClNO2/c1-3-6-13(2)10-5-4-8(11(14)15)7-9(10)12/h3-5,7H,1,6H2,2H3,(H,14,15). The molecule has 0 atom stereocenters.